The summed E-state index contributed by atoms with van der Waals surface area (Å²) >= 11 is 0. The van der Waals surface area contributed by atoms with E-state index in [1.54, 1.807) is 14.2 Å². The molecule has 26 heavy (non-hydrogen) atoms. The number of nitrogens with zero attached hydrogens (tertiary/aromatic N) is 1. The molecule has 0 spiro atoms. The van der Waals surface area contributed by atoms with Gasteiger partial charge in [-0.2, -0.15) is 0 Å². The molecule has 3 atom stereocenters. The standard InChI is InChI=1S/C21H33NO4/c1-15(14-22(3)4)21(26-16(2)23)12-8-7-9-18(21)17-10-11-19(24-5)20(13-17)25-6/h10-11,13,15,18H,7-9,12,14H2,1-6H3. The molecule has 1 aliphatic rings. The van der Waals surface area contributed by atoms with E-state index in [0.717, 1.165) is 37.8 Å². The fraction of sp³-hybridized carbons (Fsp3) is 0.667. The van der Waals surface area contributed by atoms with Crippen molar-refractivity contribution in [3.63, 3.8) is 0 Å². The first kappa shape index (κ1) is 20.6. The van der Waals surface area contributed by atoms with Crippen LogP contribution in [-0.4, -0.2) is 51.3 Å². The molecule has 0 amide bonds. The van der Waals surface area contributed by atoms with Crippen molar-refractivity contribution in [1.82, 2.24) is 4.90 Å². The minimum absolute atomic E-state index is 0.148. The predicted octanol–water partition coefficient (Wildman–Crippen LogP) is 3.86. The number of hydrogen-bond acceptors (Lipinski definition) is 5. The summed E-state index contributed by atoms with van der Waals surface area (Å²) in [6.07, 6.45) is 4.10. The summed E-state index contributed by atoms with van der Waals surface area (Å²) in [7, 11) is 7.41. The van der Waals surface area contributed by atoms with Crippen molar-refractivity contribution in [2.24, 2.45) is 5.92 Å². The average molecular weight is 363 g/mol. The molecule has 0 saturated heterocycles. The molecule has 0 heterocycles. The number of rotatable bonds is 7. The largest absolute Gasteiger partial charge is 0.493 e. The van der Waals surface area contributed by atoms with E-state index in [-0.39, 0.29) is 17.8 Å². The van der Waals surface area contributed by atoms with Gasteiger partial charge >= 0.3 is 5.97 Å². The van der Waals surface area contributed by atoms with E-state index in [0.29, 0.717) is 11.5 Å². The van der Waals surface area contributed by atoms with Gasteiger partial charge in [-0.3, -0.25) is 4.79 Å². The van der Waals surface area contributed by atoms with Crippen molar-refractivity contribution in [2.45, 2.75) is 51.0 Å². The molecule has 5 heteroatoms. The zero-order chi connectivity index (χ0) is 19.3. The first-order valence-electron chi connectivity index (χ1n) is 9.40. The first-order valence-corrected chi connectivity index (χ1v) is 9.40. The second kappa shape index (κ2) is 8.76. The summed E-state index contributed by atoms with van der Waals surface area (Å²) in [5.41, 5.74) is 0.655. The van der Waals surface area contributed by atoms with E-state index in [1.807, 2.05) is 12.1 Å². The lowest BCUT2D eigenvalue weighted by Crippen LogP contribution is -2.51. The highest BCUT2D eigenvalue weighted by Gasteiger charge is 2.48. The Balaban J connectivity index is 2.48. The zero-order valence-electron chi connectivity index (χ0n) is 17.0. The number of carbonyl (C=O) groups is 1. The molecule has 2 rings (SSSR count). The van der Waals surface area contributed by atoms with Crippen molar-refractivity contribution in [3.8, 4) is 11.5 Å². The van der Waals surface area contributed by atoms with E-state index in [1.165, 1.54) is 6.92 Å². The third-order valence-electron chi connectivity index (χ3n) is 5.52. The number of carbonyl (C=O) groups excluding carboxylic acids is 1. The molecular formula is C21H33NO4. The summed E-state index contributed by atoms with van der Waals surface area (Å²) in [5, 5.41) is 0. The quantitative estimate of drug-likeness (QED) is 0.689. The molecule has 1 saturated carbocycles. The van der Waals surface area contributed by atoms with E-state index in [9.17, 15) is 4.79 Å². The fourth-order valence-electron chi connectivity index (χ4n) is 4.47. The van der Waals surface area contributed by atoms with Crippen LogP contribution in [-0.2, 0) is 9.53 Å². The SMILES string of the molecule is COc1ccc(C2CCCCC2(OC(C)=O)C(C)CN(C)C)cc1OC. The summed E-state index contributed by atoms with van der Waals surface area (Å²) in [5.74, 6) is 1.59. The zero-order valence-corrected chi connectivity index (χ0v) is 17.0. The number of ether oxygens (including phenoxy) is 3. The van der Waals surface area contributed by atoms with Crippen LogP contribution in [0.3, 0.4) is 0 Å². The molecule has 5 nitrogen and oxygen atoms in total. The number of hydrogen-bond donors (Lipinski definition) is 0. The molecule has 1 fully saturated rings. The highest BCUT2D eigenvalue weighted by molar-refractivity contribution is 5.67. The van der Waals surface area contributed by atoms with E-state index >= 15 is 0 Å². The Bertz CT molecular complexity index is 616. The number of benzene rings is 1. The molecule has 0 bridgehead atoms. The number of methoxy groups -OCH3 is 2. The predicted molar refractivity (Wildman–Crippen MR) is 103 cm³/mol. The molecule has 1 aromatic rings. The summed E-state index contributed by atoms with van der Waals surface area (Å²) in [6.45, 7) is 4.59. The maximum absolute atomic E-state index is 12.0. The van der Waals surface area contributed by atoms with Crippen molar-refractivity contribution in [2.75, 3.05) is 34.9 Å². The third kappa shape index (κ3) is 4.32. The van der Waals surface area contributed by atoms with Crippen molar-refractivity contribution in [3.05, 3.63) is 23.8 Å². The van der Waals surface area contributed by atoms with Crippen LogP contribution in [0, 0.1) is 5.92 Å². The van der Waals surface area contributed by atoms with Crippen LogP contribution in [0.25, 0.3) is 0 Å². The lowest BCUT2D eigenvalue weighted by atomic mass is 9.66. The Kier molecular flexibility index (Phi) is 6.93. The van der Waals surface area contributed by atoms with E-state index in [2.05, 4.69) is 32.0 Å². The monoisotopic (exact) mass is 363 g/mol. The fourth-order valence-corrected chi connectivity index (χ4v) is 4.47. The summed E-state index contributed by atoms with van der Waals surface area (Å²) in [4.78, 5) is 14.2. The minimum Gasteiger partial charge on any atom is -0.493 e. The van der Waals surface area contributed by atoms with Crippen LogP contribution in [0.1, 0.15) is 51.0 Å². The topological polar surface area (TPSA) is 48.0 Å². The van der Waals surface area contributed by atoms with Crippen molar-refractivity contribution < 1.29 is 19.0 Å². The molecule has 0 aliphatic heterocycles. The van der Waals surface area contributed by atoms with Crippen molar-refractivity contribution >= 4 is 5.97 Å². The molecule has 1 aromatic carbocycles. The van der Waals surface area contributed by atoms with E-state index < -0.39 is 5.60 Å². The molecular weight excluding hydrogens is 330 g/mol. The lowest BCUT2D eigenvalue weighted by molar-refractivity contribution is -0.172. The van der Waals surface area contributed by atoms with Gasteiger partial charge in [-0.25, -0.2) is 0 Å². The maximum atomic E-state index is 12.0. The first-order chi connectivity index (χ1) is 12.3. The van der Waals surface area contributed by atoms with Gasteiger partial charge in [0, 0.05) is 25.3 Å². The lowest BCUT2D eigenvalue weighted by Gasteiger charge is -2.48. The van der Waals surface area contributed by atoms with Crippen LogP contribution in [0.4, 0.5) is 0 Å². The van der Waals surface area contributed by atoms with Gasteiger partial charge < -0.3 is 19.1 Å². The van der Waals surface area contributed by atoms with Crippen LogP contribution in [0.2, 0.25) is 0 Å². The molecule has 0 N–H and O–H groups in total. The van der Waals surface area contributed by atoms with Gasteiger partial charge in [0.05, 0.1) is 14.2 Å². The van der Waals surface area contributed by atoms with Gasteiger partial charge in [-0.05, 0) is 51.1 Å². The summed E-state index contributed by atoms with van der Waals surface area (Å²) < 4.78 is 17.0. The Morgan fingerprint density at radius 3 is 2.50 bits per heavy atom. The van der Waals surface area contributed by atoms with Gasteiger partial charge in [-0.15, -0.1) is 0 Å². The minimum atomic E-state index is -0.492. The Morgan fingerprint density at radius 2 is 1.92 bits per heavy atom. The van der Waals surface area contributed by atoms with Crippen LogP contribution >= 0.6 is 0 Å². The Labute approximate surface area is 157 Å². The molecule has 1 aliphatic carbocycles. The highest BCUT2D eigenvalue weighted by Crippen LogP contribution is 2.49. The van der Waals surface area contributed by atoms with Gasteiger partial charge in [0.2, 0.25) is 0 Å². The average Bonchev–Trinajstić information content (AvgIpc) is 2.60. The van der Waals surface area contributed by atoms with Crippen LogP contribution < -0.4 is 9.47 Å². The Hall–Kier alpha value is -1.75. The number of esters is 1. The second-order valence-corrected chi connectivity index (χ2v) is 7.62. The van der Waals surface area contributed by atoms with Gasteiger partial charge in [-0.1, -0.05) is 19.4 Å². The second-order valence-electron chi connectivity index (χ2n) is 7.62. The van der Waals surface area contributed by atoms with Crippen LogP contribution in [0.5, 0.6) is 11.5 Å². The molecule has 3 unspecified atom stereocenters. The molecule has 0 radical (unpaired) electrons. The highest BCUT2D eigenvalue weighted by atomic mass is 16.6. The summed E-state index contributed by atoms with van der Waals surface area (Å²) in [6, 6.07) is 6.06. The Morgan fingerprint density at radius 1 is 1.23 bits per heavy atom. The molecule has 146 valence electrons. The van der Waals surface area contributed by atoms with Gasteiger partial charge in [0.15, 0.2) is 11.5 Å². The third-order valence-corrected chi connectivity index (χ3v) is 5.52. The van der Waals surface area contributed by atoms with E-state index in [4.69, 9.17) is 14.2 Å². The van der Waals surface area contributed by atoms with Crippen LogP contribution in [0.15, 0.2) is 18.2 Å². The van der Waals surface area contributed by atoms with Gasteiger partial charge in [0.1, 0.15) is 5.60 Å². The van der Waals surface area contributed by atoms with Crippen molar-refractivity contribution in [1.29, 1.82) is 0 Å². The maximum Gasteiger partial charge on any atom is 0.303 e. The normalized spacial score (nSPS) is 24.2. The smallest absolute Gasteiger partial charge is 0.303 e. The van der Waals surface area contributed by atoms with Gasteiger partial charge in [0.25, 0.3) is 0 Å². The molecule has 0 aromatic heterocycles.